The van der Waals surface area contributed by atoms with Gasteiger partial charge in [0.1, 0.15) is 0 Å². The average molecular weight is 350 g/mol. The van der Waals surface area contributed by atoms with Crippen LogP contribution in [0.1, 0.15) is 0 Å². The molecule has 0 bridgehead atoms. The lowest BCUT2D eigenvalue weighted by Crippen LogP contribution is -2.10. The Morgan fingerprint density at radius 2 is 1.41 bits per heavy atom. The summed E-state index contributed by atoms with van der Waals surface area (Å²) in [6.07, 6.45) is 0. The Balaban J connectivity index is 2.31. The van der Waals surface area contributed by atoms with Gasteiger partial charge in [-0.3, -0.25) is 4.79 Å². The largest absolute Gasteiger partial charge is 0.309 e. The highest BCUT2D eigenvalue weighted by Crippen LogP contribution is 2.25. The molecule has 1 heterocycles. The van der Waals surface area contributed by atoms with Gasteiger partial charge in [0.2, 0.25) is 0 Å². The van der Waals surface area contributed by atoms with Gasteiger partial charge in [0.05, 0.1) is 11.0 Å². The van der Waals surface area contributed by atoms with Crippen LogP contribution in [0.15, 0.2) is 82.1 Å². The molecule has 4 rings (SSSR count). The van der Waals surface area contributed by atoms with E-state index in [2.05, 4.69) is 32.6 Å². The van der Waals surface area contributed by atoms with E-state index in [1.807, 2.05) is 60.7 Å². The van der Waals surface area contributed by atoms with Crippen LogP contribution in [-0.2, 0) is 0 Å². The van der Waals surface area contributed by atoms with E-state index in [0.717, 1.165) is 32.0 Å². The van der Waals surface area contributed by atoms with Gasteiger partial charge in [-0.05, 0) is 42.5 Å². The first kappa shape index (κ1) is 13.3. The summed E-state index contributed by atoms with van der Waals surface area (Å²) < 4.78 is 3.09. The van der Waals surface area contributed by atoms with Crippen molar-refractivity contribution in [3.05, 3.63) is 87.5 Å². The molecule has 106 valence electrons. The van der Waals surface area contributed by atoms with E-state index in [4.69, 9.17) is 0 Å². The molecular weight excluding hydrogens is 338 g/mol. The van der Waals surface area contributed by atoms with E-state index >= 15 is 0 Å². The Morgan fingerprint density at radius 1 is 0.727 bits per heavy atom. The SMILES string of the molecule is O=c1c2ccccc2n(-c2ccccc2)c2cc(Br)ccc12. The number of fused-ring (bicyclic) bond motifs is 2. The van der Waals surface area contributed by atoms with Crippen molar-refractivity contribution in [1.82, 2.24) is 4.57 Å². The number of benzene rings is 3. The number of nitrogens with zero attached hydrogens (tertiary/aromatic N) is 1. The molecule has 0 amide bonds. The van der Waals surface area contributed by atoms with Crippen LogP contribution in [0.25, 0.3) is 27.5 Å². The zero-order valence-electron chi connectivity index (χ0n) is 11.7. The van der Waals surface area contributed by atoms with Gasteiger partial charge in [-0.15, -0.1) is 0 Å². The summed E-state index contributed by atoms with van der Waals surface area (Å²) in [5.41, 5.74) is 2.95. The van der Waals surface area contributed by atoms with E-state index < -0.39 is 0 Å². The van der Waals surface area contributed by atoms with Gasteiger partial charge < -0.3 is 4.57 Å². The van der Waals surface area contributed by atoms with Gasteiger partial charge in [0.15, 0.2) is 5.43 Å². The fourth-order valence-electron chi connectivity index (χ4n) is 2.87. The van der Waals surface area contributed by atoms with Crippen LogP contribution in [-0.4, -0.2) is 4.57 Å². The molecule has 0 fully saturated rings. The molecule has 0 aliphatic heterocycles. The molecule has 3 aromatic carbocycles. The summed E-state index contributed by atoms with van der Waals surface area (Å²) in [6, 6.07) is 23.6. The zero-order valence-corrected chi connectivity index (χ0v) is 13.2. The lowest BCUT2D eigenvalue weighted by Gasteiger charge is -2.15. The Morgan fingerprint density at radius 3 is 2.23 bits per heavy atom. The van der Waals surface area contributed by atoms with Crippen molar-refractivity contribution in [2.75, 3.05) is 0 Å². The van der Waals surface area contributed by atoms with Crippen LogP contribution in [0.2, 0.25) is 0 Å². The molecule has 22 heavy (non-hydrogen) atoms. The summed E-state index contributed by atoms with van der Waals surface area (Å²) in [6.45, 7) is 0. The van der Waals surface area contributed by atoms with Crippen molar-refractivity contribution in [2.45, 2.75) is 0 Å². The Bertz CT molecular complexity index is 1050. The van der Waals surface area contributed by atoms with E-state index in [-0.39, 0.29) is 5.43 Å². The van der Waals surface area contributed by atoms with Crippen molar-refractivity contribution in [3.63, 3.8) is 0 Å². The quantitative estimate of drug-likeness (QED) is 0.447. The maximum absolute atomic E-state index is 12.8. The third-order valence-electron chi connectivity index (χ3n) is 3.85. The van der Waals surface area contributed by atoms with Crippen LogP contribution in [0, 0.1) is 0 Å². The van der Waals surface area contributed by atoms with Gasteiger partial charge >= 0.3 is 0 Å². The summed E-state index contributed by atoms with van der Waals surface area (Å²) in [4.78, 5) is 12.8. The molecule has 0 atom stereocenters. The van der Waals surface area contributed by atoms with Gasteiger partial charge in [0.25, 0.3) is 0 Å². The minimum Gasteiger partial charge on any atom is -0.309 e. The lowest BCUT2D eigenvalue weighted by molar-refractivity contribution is 1.16. The summed E-state index contributed by atoms with van der Waals surface area (Å²) in [5, 5.41) is 1.46. The van der Waals surface area contributed by atoms with Crippen molar-refractivity contribution in [2.24, 2.45) is 0 Å². The molecule has 0 spiro atoms. The highest BCUT2D eigenvalue weighted by molar-refractivity contribution is 9.10. The second-order valence-corrected chi connectivity index (χ2v) is 6.09. The highest BCUT2D eigenvalue weighted by Gasteiger charge is 2.11. The molecule has 0 unspecified atom stereocenters. The standard InChI is InChI=1S/C19H12BrNO/c20-13-10-11-16-18(12-13)21(14-6-2-1-3-7-14)17-9-5-4-8-15(17)19(16)22/h1-12H. The van der Waals surface area contributed by atoms with Gasteiger partial charge in [-0.25, -0.2) is 0 Å². The fraction of sp³-hybridized carbons (Fsp3) is 0. The maximum atomic E-state index is 12.8. The third-order valence-corrected chi connectivity index (χ3v) is 4.34. The maximum Gasteiger partial charge on any atom is 0.197 e. The Labute approximate surface area is 135 Å². The van der Waals surface area contributed by atoms with Crippen LogP contribution in [0.5, 0.6) is 0 Å². The molecule has 0 saturated heterocycles. The number of para-hydroxylation sites is 2. The molecule has 1 aromatic heterocycles. The van der Waals surface area contributed by atoms with Crippen LogP contribution < -0.4 is 5.43 Å². The minimum absolute atomic E-state index is 0.0743. The van der Waals surface area contributed by atoms with Gasteiger partial charge in [0, 0.05) is 20.9 Å². The van der Waals surface area contributed by atoms with E-state index in [1.54, 1.807) is 0 Å². The molecule has 0 saturated carbocycles. The van der Waals surface area contributed by atoms with Crippen LogP contribution >= 0.6 is 15.9 Å². The molecule has 0 radical (unpaired) electrons. The van der Waals surface area contributed by atoms with E-state index in [1.165, 1.54) is 0 Å². The Hall–Kier alpha value is -2.39. The first-order chi connectivity index (χ1) is 10.8. The van der Waals surface area contributed by atoms with Crippen LogP contribution in [0.4, 0.5) is 0 Å². The molecule has 0 N–H and O–H groups in total. The third kappa shape index (κ3) is 1.97. The molecule has 4 aromatic rings. The summed E-state index contributed by atoms with van der Waals surface area (Å²) in [5.74, 6) is 0. The summed E-state index contributed by atoms with van der Waals surface area (Å²) >= 11 is 3.51. The molecule has 0 aliphatic rings. The smallest absolute Gasteiger partial charge is 0.197 e. The second kappa shape index (κ2) is 5.11. The highest BCUT2D eigenvalue weighted by atomic mass is 79.9. The average Bonchev–Trinajstić information content (AvgIpc) is 2.56. The molecular formula is C19H12BrNO. The number of pyridine rings is 1. The minimum atomic E-state index is 0.0743. The number of halogens is 1. The van der Waals surface area contributed by atoms with Gasteiger partial charge in [-0.1, -0.05) is 46.3 Å². The Kier molecular flexibility index (Phi) is 3.09. The fourth-order valence-corrected chi connectivity index (χ4v) is 3.22. The first-order valence-electron chi connectivity index (χ1n) is 7.04. The molecule has 0 aliphatic carbocycles. The number of aromatic nitrogens is 1. The summed E-state index contributed by atoms with van der Waals surface area (Å²) in [7, 11) is 0. The molecule has 2 nitrogen and oxygen atoms in total. The van der Waals surface area contributed by atoms with Crippen LogP contribution in [0.3, 0.4) is 0 Å². The van der Waals surface area contributed by atoms with Crippen molar-refractivity contribution < 1.29 is 0 Å². The van der Waals surface area contributed by atoms with E-state index in [0.29, 0.717) is 0 Å². The zero-order chi connectivity index (χ0) is 15.1. The van der Waals surface area contributed by atoms with E-state index in [9.17, 15) is 4.79 Å². The predicted octanol–water partition coefficient (Wildman–Crippen LogP) is 4.91. The number of hydrogen-bond donors (Lipinski definition) is 0. The topological polar surface area (TPSA) is 22.0 Å². The number of hydrogen-bond acceptors (Lipinski definition) is 1. The predicted molar refractivity (Wildman–Crippen MR) is 94.8 cm³/mol. The normalized spacial score (nSPS) is 11.1. The molecule has 3 heteroatoms. The monoisotopic (exact) mass is 349 g/mol. The van der Waals surface area contributed by atoms with Crippen molar-refractivity contribution >= 4 is 37.7 Å². The second-order valence-electron chi connectivity index (χ2n) is 5.18. The lowest BCUT2D eigenvalue weighted by atomic mass is 10.1. The number of rotatable bonds is 1. The van der Waals surface area contributed by atoms with Gasteiger partial charge in [-0.2, -0.15) is 0 Å². The van der Waals surface area contributed by atoms with Crippen molar-refractivity contribution in [1.29, 1.82) is 0 Å². The van der Waals surface area contributed by atoms with Crippen molar-refractivity contribution in [3.8, 4) is 5.69 Å². The first-order valence-corrected chi connectivity index (χ1v) is 7.83.